The van der Waals surface area contributed by atoms with Crippen LogP contribution in [-0.4, -0.2) is 43.6 Å². The van der Waals surface area contributed by atoms with Crippen LogP contribution >= 0.6 is 0 Å². The van der Waals surface area contributed by atoms with Gasteiger partial charge in [-0.05, 0) is 49.1 Å². The van der Waals surface area contributed by atoms with Crippen LogP contribution in [0.15, 0.2) is 59.5 Å². The predicted molar refractivity (Wildman–Crippen MR) is 127 cm³/mol. The molecule has 2 fully saturated rings. The Hall–Kier alpha value is -3.04. The number of anilines is 1. The minimum Gasteiger partial charge on any atom is -0.330 e. The average Bonchev–Trinajstić information content (AvgIpc) is 3.13. The van der Waals surface area contributed by atoms with Crippen molar-refractivity contribution in [2.45, 2.75) is 55.9 Å². The summed E-state index contributed by atoms with van der Waals surface area (Å²) in [5.74, 6) is -0.931. The van der Waals surface area contributed by atoms with Gasteiger partial charge < -0.3 is 4.90 Å². The molecule has 1 saturated heterocycles. The Morgan fingerprint density at radius 3 is 2.24 bits per heavy atom. The van der Waals surface area contributed by atoms with Gasteiger partial charge in [-0.15, -0.1) is 0 Å². The zero-order chi connectivity index (χ0) is 24.3. The van der Waals surface area contributed by atoms with E-state index >= 15 is 0 Å². The number of carbonyl (C=O) groups excluding carboxylic acids is 3. The molecule has 9 heteroatoms. The summed E-state index contributed by atoms with van der Waals surface area (Å²) in [7, 11) is -3.79. The molecule has 34 heavy (non-hydrogen) atoms. The van der Waals surface area contributed by atoms with Crippen LogP contribution in [0.25, 0.3) is 0 Å². The normalized spacial score (nSPS) is 19.4. The van der Waals surface area contributed by atoms with E-state index in [1.165, 1.54) is 17.0 Å². The molecule has 0 aromatic heterocycles. The summed E-state index contributed by atoms with van der Waals surface area (Å²) in [6.45, 7) is 0.260. The topological polar surface area (TPSA) is 118 Å². The number of rotatable bonds is 7. The zero-order valence-electron chi connectivity index (χ0n) is 18.9. The first-order valence-electron chi connectivity index (χ1n) is 11.6. The van der Waals surface area contributed by atoms with Gasteiger partial charge in [-0.3, -0.25) is 14.4 Å². The second kappa shape index (κ2) is 10.1. The van der Waals surface area contributed by atoms with E-state index in [1.54, 1.807) is 41.3 Å². The Bertz CT molecular complexity index is 1160. The summed E-state index contributed by atoms with van der Waals surface area (Å²) < 4.78 is 23.0. The number of carbonyl (C=O) groups is 3. The molecule has 4 rings (SSSR count). The number of hydrogen-bond donors (Lipinski definition) is 1. The van der Waals surface area contributed by atoms with Gasteiger partial charge in [-0.1, -0.05) is 49.6 Å². The fraction of sp³-hybridized carbons (Fsp3) is 0.400. The number of imide groups is 1. The number of sulfonamides is 1. The molecule has 8 nitrogen and oxygen atoms in total. The first-order chi connectivity index (χ1) is 16.3. The number of amides is 3. The van der Waals surface area contributed by atoms with Crippen molar-refractivity contribution >= 4 is 33.4 Å². The molecule has 1 saturated carbocycles. The Labute approximate surface area is 199 Å². The van der Waals surface area contributed by atoms with Crippen molar-refractivity contribution < 1.29 is 22.8 Å². The van der Waals surface area contributed by atoms with Crippen molar-refractivity contribution in [3.05, 3.63) is 60.2 Å². The molecule has 1 heterocycles. The van der Waals surface area contributed by atoms with Crippen molar-refractivity contribution in [1.82, 2.24) is 4.90 Å². The summed E-state index contributed by atoms with van der Waals surface area (Å²) in [4.78, 5) is 42.4. The zero-order valence-corrected chi connectivity index (χ0v) is 19.7. The van der Waals surface area contributed by atoms with Gasteiger partial charge in [0.15, 0.2) is 0 Å². The average molecular weight is 484 g/mol. The van der Waals surface area contributed by atoms with Crippen molar-refractivity contribution in [2.24, 2.45) is 11.1 Å². The highest BCUT2D eigenvalue weighted by molar-refractivity contribution is 7.89. The molecule has 1 aliphatic carbocycles. The summed E-state index contributed by atoms with van der Waals surface area (Å²) in [5.41, 5.74) is 1.31. The Kier molecular flexibility index (Phi) is 7.13. The molecule has 2 N–H and O–H groups in total. The van der Waals surface area contributed by atoms with Crippen LogP contribution in [0.4, 0.5) is 5.69 Å². The summed E-state index contributed by atoms with van der Waals surface area (Å²) in [5, 5.41) is 5.17. The highest BCUT2D eigenvalue weighted by Gasteiger charge is 2.45. The predicted octanol–water partition coefficient (Wildman–Crippen LogP) is 2.62. The number of para-hydroxylation sites is 1. The Morgan fingerprint density at radius 2 is 1.62 bits per heavy atom. The van der Waals surface area contributed by atoms with E-state index in [1.807, 2.05) is 6.07 Å². The molecule has 2 aliphatic rings. The van der Waals surface area contributed by atoms with E-state index in [0.717, 1.165) is 37.7 Å². The van der Waals surface area contributed by atoms with Gasteiger partial charge in [0.05, 0.1) is 17.0 Å². The second-order valence-corrected chi connectivity index (χ2v) is 10.5. The van der Waals surface area contributed by atoms with Crippen molar-refractivity contribution in [3.63, 3.8) is 0 Å². The molecule has 180 valence electrons. The van der Waals surface area contributed by atoms with Crippen molar-refractivity contribution in [2.75, 3.05) is 11.4 Å². The van der Waals surface area contributed by atoms with Crippen molar-refractivity contribution in [1.29, 1.82) is 0 Å². The van der Waals surface area contributed by atoms with E-state index in [0.29, 0.717) is 12.1 Å². The molecule has 0 bridgehead atoms. The van der Waals surface area contributed by atoms with Gasteiger partial charge in [-0.25, -0.2) is 18.5 Å². The second-order valence-electron chi connectivity index (χ2n) is 8.93. The van der Waals surface area contributed by atoms with Gasteiger partial charge in [0.1, 0.15) is 6.04 Å². The van der Waals surface area contributed by atoms with Gasteiger partial charge in [-0.2, -0.15) is 0 Å². The van der Waals surface area contributed by atoms with Crippen LogP contribution in [0.2, 0.25) is 0 Å². The lowest BCUT2D eigenvalue weighted by Crippen LogP contribution is -2.48. The van der Waals surface area contributed by atoms with E-state index in [9.17, 15) is 22.8 Å². The third-order valence-corrected chi connectivity index (χ3v) is 7.57. The summed E-state index contributed by atoms with van der Waals surface area (Å²) in [6, 6.07) is 14.1. The Morgan fingerprint density at radius 1 is 0.971 bits per heavy atom. The molecule has 3 amide bonds. The van der Waals surface area contributed by atoms with Crippen LogP contribution in [0.1, 0.15) is 44.1 Å². The minimum absolute atomic E-state index is 0.0152. The maximum Gasteiger partial charge on any atom is 0.257 e. The van der Waals surface area contributed by atoms with Gasteiger partial charge in [0, 0.05) is 12.5 Å². The van der Waals surface area contributed by atoms with Crippen LogP contribution in [-0.2, 0) is 30.8 Å². The summed E-state index contributed by atoms with van der Waals surface area (Å²) in [6.07, 6.45) is 5.01. The molecule has 1 unspecified atom stereocenters. The molecule has 2 aromatic carbocycles. The SMILES string of the molecule is NS(=O)(=O)c1ccc(CCN(C(=O)C2CCCCC2)C2CC(=O)N(c3ccccc3)C2=O)cc1. The quantitative estimate of drug-likeness (QED) is 0.608. The number of primary sulfonamides is 1. The van der Waals surface area contributed by atoms with E-state index in [4.69, 9.17) is 5.14 Å². The van der Waals surface area contributed by atoms with Crippen LogP contribution in [0.5, 0.6) is 0 Å². The fourth-order valence-corrected chi connectivity index (χ4v) is 5.32. The Balaban J connectivity index is 1.56. The van der Waals surface area contributed by atoms with E-state index in [-0.39, 0.29) is 41.5 Å². The maximum absolute atomic E-state index is 13.5. The lowest BCUT2D eigenvalue weighted by atomic mass is 9.87. The monoisotopic (exact) mass is 483 g/mol. The number of nitrogens with two attached hydrogens (primary N) is 1. The molecule has 0 spiro atoms. The highest BCUT2D eigenvalue weighted by Crippen LogP contribution is 2.30. The molecular weight excluding hydrogens is 454 g/mol. The number of nitrogens with zero attached hydrogens (tertiary/aromatic N) is 2. The van der Waals surface area contributed by atoms with E-state index in [2.05, 4.69) is 0 Å². The lowest BCUT2D eigenvalue weighted by molar-refractivity contribution is -0.142. The molecule has 2 aromatic rings. The lowest BCUT2D eigenvalue weighted by Gasteiger charge is -2.32. The van der Waals surface area contributed by atoms with Crippen LogP contribution < -0.4 is 10.0 Å². The summed E-state index contributed by atoms with van der Waals surface area (Å²) >= 11 is 0. The first-order valence-corrected chi connectivity index (χ1v) is 13.1. The van der Waals surface area contributed by atoms with Crippen LogP contribution in [0.3, 0.4) is 0 Å². The smallest absolute Gasteiger partial charge is 0.257 e. The first kappa shape index (κ1) is 24.1. The van der Waals surface area contributed by atoms with Crippen LogP contribution in [0, 0.1) is 5.92 Å². The third kappa shape index (κ3) is 5.20. The largest absolute Gasteiger partial charge is 0.330 e. The van der Waals surface area contributed by atoms with E-state index < -0.39 is 16.1 Å². The van der Waals surface area contributed by atoms with Crippen molar-refractivity contribution in [3.8, 4) is 0 Å². The molecular formula is C25H29N3O5S. The number of hydrogen-bond acceptors (Lipinski definition) is 5. The maximum atomic E-state index is 13.5. The number of benzene rings is 2. The minimum atomic E-state index is -3.79. The van der Waals surface area contributed by atoms with Gasteiger partial charge in [0.25, 0.3) is 5.91 Å². The van der Waals surface area contributed by atoms with Gasteiger partial charge >= 0.3 is 0 Å². The fourth-order valence-electron chi connectivity index (χ4n) is 4.81. The standard InChI is InChI=1S/C25H29N3O5S/c26-34(32,33)21-13-11-18(12-14-21)15-16-27(24(30)19-7-3-1-4-8-19)22-17-23(29)28(25(22)31)20-9-5-2-6-10-20/h2,5-6,9-14,19,22H,1,3-4,7-8,15-17H2,(H2,26,32,33). The highest BCUT2D eigenvalue weighted by atomic mass is 32.2. The molecule has 0 radical (unpaired) electrons. The molecule has 1 aliphatic heterocycles. The third-order valence-electron chi connectivity index (χ3n) is 6.64. The molecule has 1 atom stereocenters. The van der Waals surface area contributed by atoms with Gasteiger partial charge in [0.2, 0.25) is 21.8 Å².